The Hall–Kier alpha value is -1.60. The molecule has 0 spiro atoms. The topological polar surface area (TPSA) is 66.5 Å². The predicted octanol–water partition coefficient (Wildman–Crippen LogP) is 3.73. The van der Waals surface area contributed by atoms with Crippen LogP contribution in [-0.4, -0.2) is 32.7 Å². The van der Waals surface area contributed by atoms with E-state index < -0.39 is 10.0 Å². The molecule has 0 aliphatic rings. The van der Waals surface area contributed by atoms with Crippen LogP contribution in [-0.2, 0) is 21.2 Å². The number of carbonyl (C=O) groups is 1. The van der Waals surface area contributed by atoms with E-state index in [2.05, 4.69) is 5.32 Å². The van der Waals surface area contributed by atoms with Crippen molar-refractivity contribution in [3.05, 3.63) is 57.6 Å². The second kappa shape index (κ2) is 7.74. The van der Waals surface area contributed by atoms with Crippen LogP contribution in [0.2, 0.25) is 10.0 Å². The molecule has 1 N–H and O–H groups in total. The smallest absolute Gasteiger partial charge is 0.242 e. The minimum Gasteiger partial charge on any atom is -0.326 e. The fourth-order valence-corrected chi connectivity index (χ4v) is 3.54. The Balaban J connectivity index is 2.23. The van der Waals surface area contributed by atoms with Crippen LogP contribution in [0.25, 0.3) is 0 Å². The second-order valence-corrected chi connectivity index (χ2v) is 8.72. The Labute approximate surface area is 157 Å². The number of amides is 1. The molecule has 0 saturated heterocycles. The molecule has 0 radical (unpaired) electrons. The van der Waals surface area contributed by atoms with Gasteiger partial charge in [0.2, 0.25) is 15.9 Å². The Morgan fingerprint density at radius 3 is 2.40 bits per heavy atom. The monoisotopic (exact) mass is 400 g/mol. The van der Waals surface area contributed by atoms with Crippen LogP contribution in [0.5, 0.6) is 0 Å². The van der Waals surface area contributed by atoms with Gasteiger partial charge >= 0.3 is 0 Å². The first kappa shape index (κ1) is 19.7. The maximum Gasteiger partial charge on any atom is 0.242 e. The van der Waals surface area contributed by atoms with Crippen LogP contribution < -0.4 is 5.32 Å². The van der Waals surface area contributed by atoms with Crippen molar-refractivity contribution in [2.24, 2.45) is 0 Å². The van der Waals surface area contributed by atoms with Gasteiger partial charge in [-0.25, -0.2) is 12.7 Å². The molecule has 0 saturated carbocycles. The van der Waals surface area contributed by atoms with Gasteiger partial charge in [-0.2, -0.15) is 0 Å². The number of hydrogen-bond acceptors (Lipinski definition) is 3. The van der Waals surface area contributed by atoms with Crippen LogP contribution in [0.15, 0.2) is 41.3 Å². The number of carbonyl (C=O) groups excluding carboxylic acids is 1. The van der Waals surface area contributed by atoms with Crippen LogP contribution in [0.1, 0.15) is 11.1 Å². The Morgan fingerprint density at radius 2 is 1.80 bits per heavy atom. The molecule has 2 rings (SSSR count). The zero-order chi connectivity index (χ0) is 18.8. The highest BCUT2D eigenvalue weighted by molar-refractivity contribution is 7.89. The second-order valence-electron chi connectivity index (χ2n) is 5.72. The molecule has 0 unspecified atom stereocenters. The summed E-state index contributed by atoms with van der Waals surface area (Å²) in [5.74, 6) is -0.299. The number of anilines is 1. The van der Waals surface area contributed by atoms with Crippen LogP contribution in [0, 0.1) is 6.92 Å². The number of benzene rings is 2. The zero-order valence-electron chi connectivity index (χ0n) is 14.0. The van der Waals surface area contributed by atoms with Gasteiger partial charge in [-0.1, -0.05) is 35.3 Å². The molecule has 0 atom stereocenters. The van der Waals surface area contributed by atoms with Crippen molar-refractivity contribution in [2.45, 2.75) is 18.2 Å². The summed E-state index contributed by atoms with van der Waals surface area (Å²) in [6.07, 6.45) is 0.0557. The Bertz CT molecular complexity index is 912. The number of rotatable bonds is 5. The van der Waals surface area contributed by atoms with Gasteiger partial charge in [0.1, 0.15) is 0 Å². The van der Waals surface area contributed by atoms with E-state index in [9.17, 15) is 13.2 Å². The predicted molar refractivity (Wildman–Crippen MR) is 101 cm³/mol. The highest BCUT2D eigenvalue weighted by Crippen LogP contribution is 2.24. The van der Waals surface area contributed by atoms with Crippen molar-refractivity contribution >= 4 is 44.8 Å². The van der Waals surface area contributed by atoms with E-state index in [4.69, 9.17) is 23.2 Å². The zero-order valence-corrected chi connectivity index (χ0v) is 16.3. The van der Waals surface area contributed by atoms with E-state index in [1.165, 1.54) is 26.2 Å². The molecule has 0 fully saturated rings. The molecule has 25 heavy (non-hydrogen) atoms. The maximum atomic E-state index is 12.3. The minimum atomic E-state index is -3.58. The van der Waals surface area contributed by atoms with E-state index in [0.717, 1.165) is 9.87 Å². The lowest BCUT2D eigenvalue weighted by Crippen LogP contribution is -2.22. The lowest BCUT2D eigenvalue weighted by molar-refractivity contribution is -0.115. The molecule has 5 nitrogen and oxygen atoms in total. The number of nitrogens with one attached hydrogen (secondary N) is 1. The third kappa shape index (κ3) is 4.73. The van der Waals surface area contributed by atoms with Gasteiger partial charge in [-0.05, 0) is 42.3 Å². The average molecular weight is 401 g/mol. The molecule has 0 aliphatic carbocycles. The molecule has 8 heteroatoms. The van der Waals surface area contributed by atoms with Gasteiger partial charge in [0.05, 0.1) is 11.3 Å². The molecule has 0 aliphatic heterocycles. The van der Waals surface area contributed by atoms with Crippen LogP contribution in [0.4, 0.5) is 5.69 Å². The SMILES string of the molecule is Cc1ccc(S(=O)(=O)N(C)C)cc1NC(=O)Cc1ccc(Cl)cc1Cl. The van der Waals surface area contributed by atoms with Gasteiger partial charge < -0.3 is 5.32 Å². The molecular weight excluding hydrogens is 383 g/mol. The molecule has 134 valence electrons. The first-order chi connectivity index (χ1) is 11.6. The number of sulfonamides is 1. The highest BCUT2D eigenvalue weighted by atomic mass is 35.5. The summed E-state index contributed by atoms with van der Waals surface area (Å²) in [4.78, 5) is 12.4. The first-order valence-electron chi connectivity index (χ1n) is 7.38. The van der Waals surface area contributed by atoms with Gasteiger partial charge in [0.25, 0.3) is 0 Å². The van der Waals surface area contributed by atoms with Crippen LogP contribution in [0.3, 0.4) is 0 Å². The number of aryl methyl sites for hydroxylation is 1. The maximum absolute atomic E-state index is 12.3. The number of halogens is 2. The number of hydrogen-bond donors (Lipinski definition) is 1. The lowest BCUT2D eigenvalue weighted by atomic mass is 10.1. The van der Waals surface area contributed by atoms with Gasteiger partial charge in [0, 0.05) is 29.8 Å². The first-order valence-corrected chi connectivity index (χ1v) is 9.58. The molecule has 2 aromatic carbocycles. The summed E-state index contributed by atoms with van der Waals surface area (Å²) >= 11 is 11.9. The summed E-state index contributed by atoms with van der Waals surface area (Å²) in [6.45, 7) is 1.79. The standard InChI is InChI=1S/C17H18Cl2N2O3S/c1-11-4-7-14(25(23,24)21(2)3)10-16(11)20-17(22)8-12-5-6-13(18)9-15(12)19/h4-7,9-10H,8H2,1-3H3,(H,20,22). The Kier molecular flexibility index (Phi) is 6.11. The van der Waals surface area contributed by atoms with E-state index in [1.54, 1.807) is 31.2 Å². The summed E-state index contributed by atoms with van der Waals surface area (Å²) < 4.78 is 25.6. The summed E-state index contributed by atoms with van der Waals surface area (Å²) in [5, 5.41) is 3.64. The molecular formula is C17H18Cl2N2O3S. The summed E-state index contributed by atoms with van der Waals surface area (Å²) in [7, 11) is -0.667. The average Bonchev–Trinajstić information content (AvgIpc) is 2.52. The van der Waals surface area contributed by atoms with E-state index in [-0.39, 0.29) is 17.2 Å². The third-order valence-corrected chi connectivity index (χ3v) is 6.03. The fourth-order valence-electron chi connectivity index (χ4n) is 2.14. The van der Waals surface area contributed by atoms with Crippen molar-refractivity contribution in [1.29, 1.82) is 0 Å². The van der Waals surface area contributed by atoms with Crippen molar-refractivity contribution in [2.75, 3.05) is 19.4 Å². The van der Waals surface area contributed by atoms with Crippen molar-refractivity contribution in [1.82, 2.24) is 4.31 Å². The molecule has 1 amide bonds. The third-order valence-electron chi connectivity index (χ3n) is 3.63. The fraction of sp³-hybridized carbons (Fsp3) is 0.235. The highest BCUT2D eigenvalue weighted by Gasteiger charge is 2.19. The summed E-state index contributed by atoms with van der Waals surface area (Å²) in [5.41, 5.74) is 1.84. The van der Waals surface area contributed by atoms with Crippen molar-refractivity contribution < 1.29 is 13.2 Å². The van der Waals surface area contributed by atoms with Crippen LogP contribution >= 0.6 is 23.2 Å². The molecule has 0 bridgehead atoms. The van der Waals surface area contributed by atoms with E-state index in [0.29, 0.717) is 21.3 Å². The molecule has 0 heterocycles. The normalized spacial score (nSPS) is 11.6. The largest absolute Gasteiger partial charge is 0.326 e. The van der Waals surface area contributed by atoms with E-state index in [1.807, 2.05) is 0 Å². The van der Waals surface area contributed by atoms with Crippen molar-refractivity contribution in [3.63, 3.8) is 0 Å². The quantitative estimate of drug-likeness (QED) is 0.830. The number of nitrogens with zero attached hydrogens (tertiary/aromatic N) is 1. The van der Waals surface area contributed by atoms with Gasteiger partial charge in [-0.15, -0.1) is 0 Å². The molecule has 0 aromatic heterocycles. The van der Waals surface area contributed by atoms with E-state index >= 15 is 0 Å². The Morgan fingerprint density at radius 1 is 1.12 bits per heavy atom. The van der Waals surface area contributed by atoms with Gasteiger partial charge in [-0.3, -0.25) is 4.79 Å². The van der Waals surface area contributed by atoms with Crippen molar-refractivity contribution in [3.8, 4) is 0 Å². The van der Waals surface area contributed by atoms with Gasteiger partial charge in [0.15, 0.2) is 0 Å². The minimum absolute atomic E-state index is 0.0557. The lowest BCUT2D eigenvalue weighted by Gasteiger charge is -2.14. The summed E-state index contributed by atoms with van der Waals surface area (Å²) in [6, 6.07) is 9.53. The molecule has 2 aromatic rings.